The maximum atomic E-state index is 12.7. The zero-order valence-corrected chi connectivity index (χ0v) is 14.0. The van der Waals surface area contributed by atoms with Gasteiger partial charge in [0.05, 0.1) is 25.2 Å². The van der Waals surface area contributed by atoms with E-state index >= 15 is 0 Å². The average Bonchev–Trinajstić information content (AvgIpc) is 3.17. The Labute approximate surface area is 142 Å². The molecule has 0 unspecified atom stereocenters. The van der Waals surface area contributed by atoms with Crippen LogP contribution in [0.15, 0.2) is 43.0 Å². The molecule has 1 aromatic heterocycles. The molecule has 24 heavy (non-hydrogen) atoms. The van der Waals surface area contributed by atoms with Crippen LogP contribution in [0.4, 0.5) is 0 Å². The first kappa shape index (κ1) is 16.6. The molecule has 1 aromatic carbocycles. The van der Waals surface area contributed by atoms with Gasteiger partial charge in [0.15, 0.2) is 0 Å². The molecule has 128 valence electrons. The predicted octanol–water partition coefficient (Wildman–Crippen LogP) is 2.29. The van der Waals surface area contributed by atoms with Crippen LogP contribution in [0, 0.1) is 5.92 Å². The molecule has 1 aliphatic heterocycles. The van der Waals surface area contributed by atoms with E-state index in [1.807, 2.05) is 46.8 Å². The average molecular weight is 328 g/mol. The summed E-state index contributed by atoms with van der Waals surface area (Å²) in [6.07, 6.45) is 5.30. The van der Waals surface area contributed by atoms with Crippen LogP contribution in [-0.2, 0) is 16.1 Å². The normalized spacial score (nSPS) is 19.2. The van der Waals surface area contributed by atoms with Crippen molar-refractivity contribution in [3.05, 3.63) is 48.5 Å². The Morgan fingerprint density at radius 3 is 2.96 bits per heavy atom. The van der Waals surface area contributed by atoms with E-state index in [2.05, 4.69) is 10.1 Å². The van der Waals surface area contributed by atoms with Gasteiger partial charge in [0.1, 0.15) is 12.7 Å². The molecule has 0 N–H and O–H groups in total. The van der Waals surface area contributed by atoms with Crippen molar-refractivity contribution in [3.8, 4) is 0 Å². The highest BCUT2D eigenvalue weighted by Gasteiger charge is 2.28. The standard InChI is InChI=1S/C18H24N4O2/c1-15(11-24-12-16-6-3-2-4-7-16)18(23)21-9-5-8-17(10-21)22-14-19-13-20-22/h2-4,6-7,13-15,17H,5,8-12H2,1H3/t15-,17+/m1/s1. The first-order valence-corrected chi connectivity index (χ1v) is 8.48. The summed E-state index contributed by atoms with van der Waals surface area (Å²) in [4.78, 5) is 18.6. The van der Waals surface area contributed by atoms with E-state index in [1.165, 1.54) is 0 Å². The van der Waals surface area contributed by atoms with Gasteiger partial charge in [-0.2, -0.15) is 5.10 Å². The van der Waals surface area contributed by atoms with Crippen molar-refractivity contribution in [2.45, 2.75) is 32.4 Å². The lowest BCUT2D eigenvalue weighted by Crippen LogP contribution is -2.44. The monoisotopic (exact) mass is 328 g/mol. The summed E-state index contributed by atoms with van der Waals surface area (Å²) in [6, 6.07) is 10.2. The van der Waals surface area contributed by atoms with E-state index in [4.69, 9.17) is 4.74 Å². The Morgan fingerprint density at radius 1 is 1.38 bits per heavy atom. The third kappa shape index (κ3) is 4.20. The number of hydrogen-bond donors (Lipinski definition) is 0. The van der Waals surface area contributed by atoms with E-state index in [1.54, 1.807) is 12.7 Å². The van der Waals surface area contributed by atoms with Gasteiger partial charge in [-0.05, 0) is 18.4 Å². The zero-order valence-electron chi connectivity index (χ0n) is 14.0. The lowest BCUT2D eigenvalue weighted by molar-refractivity contribution is -0.138. The van der Waals surface area contributed by atoms with Gasteiger partial charge in [-0.1, -0.05) is 37.3 Å². The van der Waals surface area contributed by atoms with Gasteiger partial charge in [-0.15, -0.1) is 0 Å². The highest BCUT2D eigenvalue weighted by Crippen LogP contribution is 2.21. The number of likely N-dealkylation sites (tertiary alicyclic amines) is 1. The minimum absolute atomic E-state index is 0.136. The van der Waals surface area contributed by atoms with Gasteiger partial charge in [-0.25, -0.2) is 9.67 Å². The summed E-state index contributed by atoms with van der Waals surface area (Å²) in [5.74, 6) is 0.0242. The SMILES string of the molecule is C[C@H](COCc1ccccc1)C(=O)N1CCC[C@H](n2cncn2)C1. The summed E-state index contributed by atoms with van der Waals surface area (Å²) in [6.45, 7) is 4.43. The van der Waals surface area contributed by atoms with Gasteiger partial charge in [0.2, 0.25) is 5.91 Å². The molecule has 0 spiro atoms. The molecule has 0 saturated carbocycles. The molecule has 1 amide bonds. The fraction of sp³-hybridized carbons (Fsp3) is 0.500. The molecule has 0 bridgehead atoms. The number of aromatic nitrogens is 3. The molecule has 1 fully saturated rings. The van der Waals surface area contributed by atoms with E-state index in [0.717, 1.165) is 24.9 Å². The van der Waals surface area contributed by atoms with Crippen molar-refractivity contribution in [2.75, 3.05) is 19.7 Å². The number of rotatable bonds is 6. The van der Waals surface area contributed by atoms with Crippen molar-refractivity contribution >= 4 is 5.91 Å². The van der Waals surface area contributed by atoms with Crippen molar-refractivity contribution in [2.24, 2.45) is 5.92 Å². The molecule has 6 heteroatoms. The van der Waals surface area contributed by atoms with Crippen molar-refractivity contribution < 1.29 is 9.53 Å². The zero-order chi connectivity index (χ0) is 16.8. The number of nitrogens with zero attached hydrogens (tertiary/aromatic N) is 4. The second kappa shape index (κ2) is 8.06. The number of piperidine rings is 1. The molecule has 3 rings (SSSR count). The minimum atomic E-state index is -0.136. The molecule has 2 atom stereocenters. The Balaban J connectivity index is 1.48. The highest BCUT2D eigenvalue weighted by atomic mass is 16.5. The molecular weight excluding hydrogens is 304 g/mol. The van der Waals surface area contributed by atoms with Gasteiger partial charge in [0, 0.05) is 13.1 Å². The van der Waals surface area contributed by atoms with Crippen LogP contribution in [0.1, 0.15) is 31.4 Å². The second-order valence-corrected chi connectivity index (χ2v) is 6.36. The van der Waals surface area contributed by atoms with Gasteiger partial charge in [-0.3, -0.25) is 4.79 Å². The summed E-state index contributed by atoms with van der Waals surface area (Å²) in [7, 11) is 0. The molecule has 1 aliphatic rings. The van der Waals surface area contributed by atoms with Crippen LogP contribution in [0.5, 0.6) is 0 Å². The lowest BCUT2D eigenvalue weighted by atomic mass is 10.0. The van der Waals surface area contributed by atoms with E-state index < -0.39 is 0 Å². The second-order valence-electron chi connectivity index (χ2n) is 6.36. The summed E-state index contributed by atoms with van der Waals surface area (Å²) in [5.41, 5.74) is 1.13. The summed E-state index contributed by atoms with van der Waals surface area (Å²) >= 11 is 0. The molecule has 0 radical (unpaired) electrons. The first-order valence-electron chi connectivity index (χ1n) is 8.48. The number of carbonyl (C=O) groups is 1. The van der Waals surface area contributed by atoms with Gasteiger partial charge in [0.25, 0.3) is 0 Å². The number of hydrogen-bond acceptors (Lipinski definition) is 4. The van der Waals surface area contributed by atoms with Crippen LogP contribution in [0.3, 0.4) is 0 Å². The predicted molar refractivity (Wildman–Crippen MR) is 90.1 cm³/mol. The number of amides is 1. The molecule has 1 saturated heterocycles. The number of ether oxygens (including phenoxy) is 1. The minimum Gasteiger partial charge on any atom is -0.376 e. The molecule has 2 aromatic rings. The smallest absolute Gasteiger partial charge is 0.227 e. The Kier molecular flexibility index (Phi) is 5.59. The van der Waals surface area contributed by atoms with Crippen LogP contribution in [0.2, 0.25) is 0 Å². The van der Waals surface area contributed by atoms with Gasteiger partial charge >= 0.3 is 0 Å². The quantitative estimate of drug-likeness (QED) is 0.816. The fourth-order valence-corrected chi connectivity index (χ4v) is 3.09. The molecule has 2 heterocycles. The topological polar surface area (TPSA) is 60.2 Å². The third-order valence-electron chi connectivity index (χ3n) is 4.42. The van der Waals surface area contributed by atoms with Crippen molar-refractivity contribution in [3.63, 3.8) is 0 Å². The van der Waals surface area contributed by atoms with Crippen LogP contribution in [0.25, 0.3) is 0 Å². The van der Waals surface area contributed by atoms with E-state index in [9.17, 15) is 4.79 Å². The maximum absolute atomic E-state index is 12.7. The summed E-state index contributed by atoms with van der Waals surface area (Å²) in [5, 5.41) is 4.20. The van der Waals surface area contributed by atoms with E-state index in [-0.39, 0.29) is 17.9 Å². The molecule has 6 nitrogen and oxygen atoms in total. The van der Waals surface area contributed by atoms with Crippen LogP contribution in [-0.4, -0.2) is 45.3 Å². The third-order valence-corrected chi connectivity index (χ3v) is 4.42. The van der Waals surface area contributed by atoms with Gasteiger partial charge < -0.3 is 9.64 Å². The Hall–Kier alpha value is -2.21. The fourth-order valence-electron chi connectivity index (χ4n) is 3.09. The Morgan fingerprint density at radius 2 is 2.21 bits per heavy atom. The Bertz CT molecular complexity index is 630. The van der Waals surface area contributed by atoms with Crippen LogP contribution < -0.4 is 0 Å². The first-order chi connectivity index (χ1) is 11.7. The number of carbonyl (C=O) groups excluding carboxylic acids is 1. The summed E-state index contributed by atoms with van der Waals surface area (Å²) < 4.78 is 7.57. The largest absolute Gasteiger partial charge is 0.376 e. The van der Waals surface area contributed by atoms with Crippen LogP contribution >= 0.6 is 0 Å². The van der Waals surface area contributed by atoms with Crippen molar-refractivity contribution in [1.82, 2.24) is 19.7 Å². The molecular formula is C18H24N4O2. The maximum Gasteiger partial charge on any atom is 0.227 e. The number of benzene rings is 1. The molecule has 0 aliphatic carbocycles. The lowest BCUT2D eigenvalue weighted by Gasteiger charge is -2.34. The van der Waals surface area contributed by atoms with E-state index in [0.29, 0.717) is 19.8 Å². The highest BCUT2D eigenvalue weighted by molar-refractivity contribution is 5.78. The van der Waals surface area contributed by atoms with Crippen molar-refractivity contribution in [1.29, 1.82) is 0 Å².